The minimum absolute atomic E-state index is 0.00620. The van der Waals surface area contributed by atoms with Gasteiger partial charge in [-0.15, -0.1) is 10.2 Å². The third-order valence-corrected chi connectivity index (χ3v) is 5.90. The molecule has 30 heavy (non-hydrogen) atoms. The van der Waals surface area contributed by atoms with Crippen molar-refractivity contribution in [1.29, 1.82) is 0 Å². The van der Waals surface area contributed by atoms with Crippen LogP contribution in [0.4, 0.5) is 10.8 Å². The van der Waals surface area contributed by atoms with Gasteiger partial charge >= 0.3 is 0 Å². The summed E-state index contributed by atoms with van der Waals surface area (Å²) in [4.78, 5) is 38.6. The van der Waals surface area contributed by atoms with E-state index in [1.54, 1.807) is 29.2 Å². The Balaban J connectivity index is 1.54. The Kier molecular flexibility index (Phi) is 7.15. The first-order chi connectivity index (χ1) is 14.4. The number of unbranched alkanes of at least 4 members (excludes halogenated alkanes) is 1. The van der Waals surface area contributed by atoms with Crippen LogP contribution in [0.2, 0.25) is 0 Å². The van der Waals surface area contributed by atoms with Gasteiger partial charge < -0.3 is 10.2 Å². The lowest BCUT2D eigenvalue weighted by atomic mass is 10.1. The molecule has 0 radical (unpaired) electrons. The van der Waals surface area contributed by atoms with Gasteiger partial charge in [0.1, 0.15) is 5.01 Å². The Labute approximate surface area is 180 Å². The zero-order valence-corrected chi connectivity index (χ0v) is 18.3. The number of hydrogen-bond acceptors (Lipinski definition) is 6. The Morgan fingerprint density at radius 3 is 2.57 bits per heavy atom. The van der Waals surface area contributed by atoms with Crippen LogP contribution in [0.3, 0.4) is 0 Å². The molecule has 8 nitrogen and oxygen atoms in total. The number of rotatable bonds is 8. The molecule has 160 valence electrons. The van der Waals surface area contributed by atoms with Crippen LogP contribution < -0.4 is 10.6 Å². The number of anilines is 2. The number of carbonyl (C=O) groups is 3. The molecule has 2 heterocycles. The first kappa shape index (κ1) is 21.9. The average Bonchev–Trinajstić information content (AvgIpc) is 3.33. The third-order valence-electron chi connectivity index (χ3n) is 5.00. The molecule has 1 atom stereocenters. The van der Waals surface area contributed by atoms with Gasteiger partial charge in [-0.1, -0.05) is 24.7 Å². The first-order valence-corrected chi connectivity index (χ1v) is 11.0. The van der Waals surface area contributed by atoms with Gasteiger partial charge in [0, 0.05) is 36.7 Å². The molecular weight excluding hydrogens is 402 g/mol. The summed E-state index contributed by atoms with van der Waals surface area (Å²) < 4.78 is 0. The minimum atomic E-state index is -0.359. The molecule has 1 aliphatic rings. The van der Waals surface area contributed by atoms with Crippen molar-refractivity contribution in [3.8, 4) is 0 Å². The Morgan fingerprint density at radius 1 is 1.20 bits per heavy atom. The summed E-state index contributed by atoms with van der Waals surface area (Å²) in [6.07, 6.45) is 3.21. The highest BCUT2D eigenvalue weighted by Gasteiger charge is 2.35. The predicted molar refractivity (Wildman–Crippen MR) is 117 cm³/mol. The van der Waals surface area contributed by atoms with Crippen LogP contribution in [-0.2, 0) is 16.0 Å². The second-order valence-electron chi connectivity index (χ2n) is 7.67. The zero-order valence-electron chi connectivity index (χ0n) is 17.5. The molecule has 3 rings (SSSR count). The fourth-order valence-electron chi connectivity index (χ4n) is 3.26. The summed E-state index contributed by atoms with van der Waals surface area (Å²) in [6, 6.07) is 6.73. The van der Waals surface area contributed by atoms with E-state index in [1.165, 1.54) is 11.3 Å². The van der Waals surface area contributed by atoms with Gasteiger partial charge in [0.2, 0.25) is 16.9 Å². The predicted octanol–water partition coefficient (Wildman–Crippen LogP) is 3.33. The summed E-state index contributed by atoms with van der Waals surface area (Å²) in [5.41, 5.74) is 1.05. The highest BCUT2D eigenvalue weighted by atomic mass is 32.1. The number of benzene rings is 1. The number of aryl methyl sites for hydroxylation is 1. The van der Waals surface area contributed by atoms with Crippen LogP contribution in [0.5, 0.6) is 0 Å². The molecule has 1 aromatic heterocycles. The molecule has 0 spiro atoms. The summed E-state index contributed by atoms with van der Waals surface area (Å²) in [5, 5.41) is 15.1. The molecule has 2 N–H and O–H groups in total. The fraction of sp³-hybridized carbons (Fsp3) is 0.476. The Morgan fingerprint density at radius 2 is 1.93 bits per heavy atom. The van der Waals surface area contributed by atoms with Crippen LogP contribution in [-0.4, -0.2) is 45.4 Å². The van der Waals surface area contributed by atoms with Gasteiger partial charge in [0.25, 0.3) is 5.91 Å². The molecular formula is C21H27N5O3S. The molecule has 2 aromatic rings. The summed E-state index contributed by atoms with van der Waals surface area (Å²) >= 11 is 1.38. The van der Waals surface area contributed by atoms with Crippen molar-refractivity contribution in [3.05, 3.63) is 34.8 Å². The van der Waals surface area contributed by atoms with Gasteiger partial charge in [0.05, 0.1) is 5.92 Å². The lowest BCUT2D eigenvalue weighted by molar-refractivity contribution is -0.129. The second kappa shape index (κ2) is 9.80. The Hall–Kier alpha value is -2.81. The first-order valence-electron chi connectivity index (χ1n) is 10.2. The summed E-state index contributed by atoms with van der Waals surface area (Å²) in [5.74, 6) is -0.814. The van der Waals surface area contributed by atoms with Crippen molar-refractivity contribution in [2.45, 2.75) is 52.5 Å². The number of amides is 3. The smallest absolute Gasteiger partial charge is 0.257 e. The van der Waals surface area contributed by atoms with E-state index in [9.17, 15) is 14.4 Å². The van der Waals surface area contributed by atoms with E-state index in [0.29, 0.717) is 22.9 Å². The highest BCUT2D eigenvalue weighted by Crippen LogP contribution is 2.22. The van der Waals surface area contributed by atoms with Crippen LogP contribution in [0, 0.1) is 5.92 Å². The molecule has 1 fully saturated rings. The Bertz CT molecular complexity index is 910. The summed E-state index contributed by atoms with van der Waals surface area (Å²) in [6.45, 7) is 6.43. The van der Waals surface area contributed by atoms with E-state index in [4.69, 9.17) is 0 Å². The molecule has 1 unspecified atom stereocenters. The van der Waals surface area contributed by atoms with Gasteiger partial charge in [-0.2, -0.15) is 0 Å². The van der Waals surface area contributed by atoms with Crippen LogP contribution >= 0.6 is 11.3 Å². The monoisotopic (exact) mass is 429 g/mol. The van der Waals surface area contributed by atoms with E-state index >= 15 is 0 Å². The second-order valence-corrected chi connectivity index (χ2v) is 8.73. The molecule has 1 aliphatic heterocycles. The molecule has 1 aromatic carbocycles. The number of likely N-dealkylation sites (tertiary alicyclic amines) is 1. The lowest BCUT2D eigenvalue weighted by Crippen LogP contribution is -2.33. The van der Waals surface area contributed by atoms with Crippen molar-refractivity contribution < 1.29 is 14.4 Å². The topological polar surface area (TPSA) is 104 Å². The van der Waals surface area contributed by atoms with Crippen molar-refractivity contribution in [2.24, 2.45) is 5.92 Å². The molecule has 3 amide bonds. The number of nitrogens with one attached hydrogen (secondary N) is 2. The molecule has 0 saturated carbocycles. The summed E-state index contributed by atoms with van der Waals surface area (Å²) in [7, 11) is 0. The van der Waals surface area contributed by atoms with Crippen molar-refractivity contribution in [2.75, 3.05) is 17.2 Å². The maximum absolute atomic E-state index is 12.5. The van der Waals surface area contributed by atoms with E-state index in [0.717, 1.165) is 24.3 Å². The fourth-order valence-corrected chi connectivity index (χ4v) is 4.03. The molecule has 9 heteroatoms. The highest BCUT2D eigenvalue weighted by molar-refractivity contribution is 7.15. The molecule has 0 bridgehead atoms. The van der Waals surface area contributed by atoms with E-state index in [-0.39, 0.29) is 36.1 Å². The van der Waals surface area contributed by atoms with Crippen LogP contribution in [0.1, 0.15) is 55.4 Å². The van der Waals surface area contributed by atoms with Crippen molar-refractivity contribution >= 4 is 39.9 Å². The number of carbonyl (C=O) groups excluding carboxylic acids is 3. The lowest BCUT2D eigenvalue weighted by Gasteiger charge is -2.20. The van der Waals surface area contributed by atoms with Gasteiger partial charge in [0.15, 0.2) is 0 Å². The molecule has 0 aliphatic carbocycles. The van der Waals surface area contributed by atoms with E-state index in [1.807, 2.05) is 13.8 Å². The van der Waals surface area contributed by atoms with Gasteiger partial charge in [-0.3, -0.25) is 19.7 Å². The van der Waals surface area contributed by atoms with Crippen LogP contribution in [0.15, 0.2) is 24.3 Å². The maximum atomic E-state index is 12.5. The van der Waals surface area contributed by atoms with E-state index in [2.05, 4.69) is 27.8 Å². The average molecular weight is 430 g/mol. The third kappa shape index (κ3) is 5.41. The zero-order chi connectivity index (χ0) is 21.7. The quantitative estimate of drug-likeness (QED) is 0.670. The van der Waals surface area contributed by atoms with E-state index < -0.39 is 0 Å². The van der Waals surface area contributed by atoms with Gasteiger partial charge in [-0.25, -0.2) is 0 Å². The normalized spacial score (nSPS) is 16.2. The van der Waals surface area contributed by atoms with Crippen LogP contribution in [0.25, 0.3) is 0 Å². The number of aromatic nitrogens is 2. The molecule has 1 saturated heterocycles. The standard InChI is InChI=1S/C21H27N5O3S/c1-4-5-6-17-24-25-21(30-17)23-19(28)14-7-9-16(10-8-14)22-20(29)15-11-18(27)26(12-15)13(2)3/h7-10,13,15H,4-6,11-12H2,1-3H3,(H,22,29)(H,23,25,28). The minimum Gasteiger partial charge on any atom is -0.339 e. The number of nitrogens with zero attached hydrogens (tertiary/aromatic N) is 3. The van der Waals surface area contributed by atoms with Crippen molar-refractivity contribution in [1.82, 2.24) is 15.1 Å². The maximum Gasteiger partial charge on any atom is 0.257 e. The largest absolute Gasteiger partial charge is 0.339 e. The number of hydrogen-bond donors (Lipinski definition) is 2. The van der Waals surface area contributed by atoms with Crippen molar-refractivity contribution in [3.63, 3.8) is 0 Å². The SMILES string of the molecule is CCCCc1nnc(NC(=O)c2ccc(NC(=O)C3CC(=O)N(C(C)C)C3)cc2)s1. The van der Waals surface area contributed by atoms with Gasteiger partial charge in [-0.05, 0) is 44.5 Å².